The largest absolute Gasteiger partial charge is 0.321 e. The minimum atomic E-state index is -0.559. The van der Waals surface area contributed by atoms with Gasteiger partial charge in [0.15, 0.2) is 11.0 Å². The lowest BCUT2D eigenvalue weighted by molar-refractivity contribution is -0.114. The highest BCUT2D eigenvalue weighted by Gasteiger charge is 2.15. The zero-order valence-corrected chi connectivity index (χ0v) is 7.63. The Morgan fingerprint density at radius 1 is 1.09 bits per heavy atom. The topological polar surface area (TPSA) is 86.2 Å². The van der Waals surface area contributed by atoms with Crippen LogP contribution in [0, 0.1) is 0 Å². The third-order valence-electron chi connectivity index (χ3n) is 1.07. The molecule has 5 heteroatoms. The smallest absolute Gasteiger partial charge is 0.175 e. The average Bonchev–Trinajstić information content (AvgIpc) is 1.87. The molecule has 2 atom stereocenters. The van der Waals surface area contributed by atoms with Crippen LogP contribution in [-0.2, 0) is 9.59 Å². The fourth-order valence-corrected chi connectivity index (χ4v) is 1.05. The summed E-state index contributed by atoms with van der Waals surface area (Å²) in [5, 5.41) is 0. The lowest BCUT2D eigenvalue weighted by Crippen LogP contribution is -2.28. The molecule has 11 heavy (non-hydrogen) atoms. The van der Waals surface area contributed by atoms with E-state index < -0.39 is 12.1 Å². The van der Waals surface area contributed by atoms with Crippen LogP contribution in [0.4, 0.5) is 0 Å². The molecule has 0 amide bonds. The summed E-state index contributed by atoms with van der Waals surface area (Å²) in [4.78, 5) is 21.7. The van der Waals surface area contributed by atoms with Gasteiger partial charge in [-0.05, 0) is 13.8 Å². The third-order valence-corrected chi connectivity index (χ3v) is 2.48. The van der Waals surface area contributed by atoms with Gasteiger partial charge in [-0.15, -0.1) is 0 Å². The summed E-state index contributed by atoms with van der Waals surface area (Å²) in [6.45, 7) is 3.12. The molecule has 0 aliphatic carbocycles. The number of carbonyl (C=O) groups is 2. The van der Waals surface area contributed by atoms with Crippen molar-refractivity contribution < 1.29 is 9.59 Å². The lowest BCUT2D eigenvalue weighted by atomic mass is 10.4. The standard InChI is InChI=1S/C6H13N2O2P/c1-3(7)5(9)11-6(10)4(2)8/h3-4,11H,7-8H2,1-2H3. The van der Waals surface area contributed by atoms with Gasteiger partial charge < -0.3 is 11.5 Å². The van der Waals surface area contributed by atoms with Crippen molar-refractivity contribution in [2.24, 2.45) is 11.5 Å². The Kier molecular flexibility index (Phi) is 4.42. The van der Waals surface area contributed by atoms with Gasteiger partial charge in [0.1, 0.15) is 0 Å². The Bertz CT molecular complexity index is 150. The molecular weight excluding hydrogens is 163 g/mol. The van der Waals surface area contributed by atoms with Crippen LogP contribution >= 0.6 is 8.58 Å². The normalized spacial score (nSPS) is 16.7. The second-order valence-electron chi connectivity index (χ2n) is 2.43. The molecular formula is C6H13N2O2P. The van der Waals surface area contributed by atoms with Crippen LogP contribution in [0.5, 0.6) is 0 Å². The van der Waals surface area contributed by atoms with Crippen molar-refractivity contribution in [2.45, 2.75) is 25.9 Å². The third kappa shape index (κ3) is 4.19. The van der Waals surface area contributed by atoms with Crippen LogP contribution in [0.25, 0.3) is 0 Å². The van der Waals surface area contributed by atoms with E-state index in [-0.39, 0.29) is 19.6 Å². The molecule has 0 aromatic carbocycles. The zero-order chi connectivity index (χ0) is 9.02. The van der Waals surface area contributed by atoms with E-state index in [0.717, 1.165) is 0 Å². The second kappa shape index (κ2) is 4.54. The molecule has 0 saturated heterocycles. The minimum Gasteiger partial charge on any atom is -0.321 e. The van der Waals surface area contributed by atoms with E-state index in [2.05, 4.69) is 0 Å². The van der Waals surface area contributed by atoms with Crippen molar-refractivity contribution >= 4 is 19.6 Å². The molecule has 0 aromatic rings. The first-order chi connectivity index (χ1) is 4.95. The monoisotopic (exact) mass is 176 g/mol. The Hall–Kier alpha value is -0.310. The second-order valence-corrected chi connectivity index (χ2v) is 3.67. The quantitative estimate of drug-likeness (QED) is 0.560. The molecule has 0 aliphatic rings. The van der Waals surface area contributed by atoms with E-state index in [9.17, 15) is 9.59 Å². The fourth-order valence-electron chi connectivity index (χ4n) is 0.349. The first kappa shape index (κ1) is 10.7. The van der Waals surface area contributed by atoms with E-state index in [4.69, 9.17) is 11.5 Å². The molecule has 0 aliphatic heterocycles. The average molecular weight is 176 g/mol. The van der Waals surface area contributed by atoms with Gasteiger partial charge in [-0.3, -0.25) is 9.59 Å². The molecule has 0 rings (SSSR count). The van der Waals surface area contributed by atoms with Crippen molar-refractivity contribution in [3.8, 4) is 0 Å². The zero-order valence-electron chi connectivity index (χ0n) is 6.63. The van der Waals surface area contributed by atoms with Crippen LogP contribution in [0.15, 0.2) is 0 Å². The van der Waals surface area contributed by atoms with Crippen molar-refractivity contribution in [2.75, 3.05) is 0 Å². The maximum Gasteiger partial charge on any atom is 0.175 e. The van der Waals surface area contributed by atoms with Crippen LogP contribution in [-0.4, -0.2) is 23.1 Å². The molecule has 2 unspecified atom stereocenters. The highest BCUT2D eigenvalue weighted by Crippen LogP contribution is 2.15. The first-order valence-corrected chi connectivity index (χ1v) is 4.31. The summed E-state index contributed by atoms with van der Waals surface area (Å²) >= 11 is 0. The number of rotatable bonds is 4. The molecule has 0 heterocycles. The Morgan fingerprint density at radius 2 is 1.36 bits per heavy atom. The number of carbonyl (C=O) groups excluding carboxylic acids is 2. The van der Waals surface area contributed by atoms with E-state index in [0.29, 0.717) is 0 Å². The minimum absolute atomic E-state index is 0.229. The lowest BCUT2D eigenvalue weighted by Gasteiger charge is -2.04. The van der Waals surface area contributed by atoms with E-state index in [1.165, 1.54) is 0 Å². The molecule has 64 valence electrons. The summed E-state index contributed by atoms with van der Waals surface area (Å²) in [6.07, 6.45) is 0. The molecule has 0 bridgehead atoms. The van der Waals surface area contributed by atoms with Crippen molar-refractivity contribution in [3.05, 3.63) is 0 Å². The highest BCUT2D eigenvalue weighted by molar-refractivity contribution is 7.74. The van der Waals surface area contributed by atoms with Gasteiger partial charge >= 0.3 is 0 Å². The van der Waals surface area contributed by atoms with Gasteiger partial charge in [-0.2, -0.15) is 0 Å². The maximum atomic E-state index is 10.9. The molecule has 0 aromatic heterocycles. The van der Waals surface area contributed by atoms with Crippen LogP contribution in [0.1, 0.15) is 13.8 Å². The predicted molar refractivity (Wildman–Crippen MR) is 45.6 cm³/mol. The summed E-state index contributed by atoms with van der Waals surface area (Å²) in [5.74, 6) is 0. The van der Waals surface area contributed by atoms with Crippen molar-refractivity contribution in [1.82, 2.24) is 0 Å². The highest BCUT2D eigenvalue weighted by atomic mass is 31.1. The van der Waals surface area contributed by atoms with E-state index in [1.807, 2.05) is 0 Å². The molecule has 0 fully saturated rings. The Morgan fingerprint density at radius 3 is 1.55 bits per heavy atom. The molecule has 0 saturated carbocycles. The fraction of sp³-hybridized carbons (Fsp3) is 0.667. The van der Waals surface area contributed by atoms with E-state index in [1.54, 1.807) is 13.8 Å². The van der Waals surface area contributed by atoms with Crippen molar-refractivity contribution in [1.29, 1.82) is 0 Å². The number of hydrogen-bond donors (Lipinski definition) is 2. The van der Waals surface area contributed by atoms with E-state index >= 15 is 0 Å². The van der Waals surface area contributed by atoms with Gasteiger partial charge in [0, 0.05) is 8.58 Å². The maximum absolute atomic E-state index is 10.9. The van der Waals surface area contributed by atoms with Gasteiger partial charge in [0.25, 0.3) is 0 Å². The Balaban J connectivity index is 3.86. The Labute approximate surface area is 67.5 Å². The molecule has 4 N–H and O–H groups in total. The first-order valence-electron chi connectivity index (χ1n) is 3.31. The summed E-state index contributed by atoms with van der Waals surface area (Å²) in [6, 6.07) is -1.12. The summed E-state index contributed by atoms with van der Waals surface area (Å²) in [7, 11) is -0.387. The van der Waals surface area contributed by atoms with Gasteiger partial charge in [-0.25, -0.2) is 0 Å². The molecule has 0 spiro atoms. The van der Waals surface area contributed by atoms with Crippen LogP contribution in [0.2, 0.25) is 0 Å². The summed E-state index contributed by atoms with van der Waals surface area (Å²) in [5.41, 5.74) is 10.0. The van der Waals surface area contributed by atoms with Crippen molar-refractivity contribution in [3.63, 3.8) is 0 Å². The molecule has 4 nitrogen and oxygen atoms in total. The van der Waals surface area contributed by atoms with Crippen LogP contribution in [0.3, 0.4) is 0 Å². The number of nitrogens with two attached hydrogens (primary N) is 2. The SMILES string of the molecule is CC(N)C(=O)PC(=O)C(C)N. The number of hydrogen-bond acceptors (Lipinski definition) is 4. The van der Waals surface area contributed by atoms with Gasteiger partial charge in [0.2, 0.25) is 0 Å². The van der Waals surface area contributed by atoms with Crippen LogP contribution < -0.4 is 11.5 Å². The predicted octanol–water partition coefficient (Wildman–Crippen LogP) is -0.587. The van der Waals surface area contributed by atoms with Gasteiger partial charge in [-0.1, -0.05) is 0 Å². The van der Waals surface area contributed by atoms with Gasteiger partial charge in [0.05, 0.1) is 12.1 Å². The molecule has 0 radical (unpaired) electrons. The summed E-state index contributed by atoms with van der Waals surface area (Å²) < 4.78 is 0.